The van der Waals surface area contributed by atoms with Crippen molar-refractivity contribution in [3.8, 4) is 0 Å². The van der Waals surface area contributed by atoms with Gasteiger partial charge in [0.15, 0.2) is 0 Å². The Morgan fingerprint density at radius 3 is 2.91 bits per heavy atom. The van der Waals surface area contributed by atoms with Crippen LogP contribution in [0.1, 0.15) is 0 Å². The van der Waals surface area contributed by atoms with Crippen LogP contribution in [-0.4, -0.2) is 0 Å². The lowest BCUT2D eigenvalue weighted by Gasteiger charge is -1.96. The van der Waals surface area contributed by atoms with E-state index in [4.69, 9.17) is 0 Å². The van der Waals surface area contributed by atoms with Crippen molar-refractivity contribution in [2.24, 2.45) is 0 Å². The van der Waals surface area contributed by atoms with Crippen molar-refractivity contribution < 1.29 is 4.73 Å². The first kappa shape index (κ1) is 6.16. The molecule has 0 fully saturated rings. The minimum Gasteiger partial charge on any atom is -0.618 e. The zero-order valence-electron chi connectivity index (χ0n) is 5.74. The van der Waals surface area contributed by atoms with Crippen molar-refractivity contribution in [3.05, 3.63) is 47.8 Å². The molecular formula is C9H5NO. The van der Waals surface area contributed by atoms with Crippen molar-refractivity contribution in [2.45, 2.75) is 0 Å². The summed E-state index contributed by atoms with van der Waals surface area (Å²) < 4.78 is 0.690. The summed E-state index contributed by atoms with van der Waals surface area (Å²) in [6, 6.07) is 11.7. The van der Waals surface area contributed by atoms with Gasteiger partial charge < -0.3 is 5.21 Å². The monoisotopic (exact) mass is 143 g/mol. The smallest absolute Gasteiger partial charge is 0.299 e. The lowest BCUT2D eigenvalue weighted by molar-refractivity contribution is -0.581. The summed E-state index contributed by atoms with van der Waals surface area (Å²) in [5, 5.41) is 11.9. The maximum atomic E-state index is 11.0. The number of benzene rings is 1. The molecule has 1 aromatic carbocycles. The zero-order valence-corrected chi connectivity index (χ0v) is 5.74. The zero-order chi connectivity index (χ0) is 7.68. The number of pyridine rings is 1. The predicted octanol–water partition coefficient (Wildman–Crippen LogP) is 1.07. The topological polar surface area (TPSA) is 26.9 Å². The Labute approximate surface area is 64.3 Å². The second-order valence-corrected chi connectivity index (χ2v) is 2.25. The van der Waals surface area contributed by atoms with Gasteiger partial charge in [-0.3, -0.25) is 0 Å². The van der Waals surface area contributed by atoms with Gasteiger partial charge in [0.25, 0.3) is 6.20 Å². The molecule has 0 N–H and O–H groups in total. The van der Waals surface area contributed by atoms with Gasteiger partial charge in [-0.15, -0.1) is 0 Å². The molecule has 0 amide bonds. The standard InChI is InChI=1S/C9H5NO/c11-10-7-3-5-8-4-1-2-6-9(8)10/h1-2,4-6H. The van der Waals surface area contributed by atoms with Gasteiger partial charge in [0, 0.05) is 11.5 Å². The molecule has 0 saturated heterocycles. The number of aromatic nitrogens is 1. The second kappa shape index (κ2) is 2.23. The van der Waals surface area contributed by atoms with Crippen molar-refractivity contribution in [1.82, 2.24) is 0 Å². The highest BCUT2D eigenvalue weighted by Gasteiger charge is 1.99. The summed E-state index contributed by atoms with van der Waals surface area (Å²) in [7, 11) is 0. The Morgan fingerprint density at radius 1 is 1.27 bits per heavy atom. The average Bonchev–Trinajstić information content (AvgIpc) is 2.06. The second-order valence-electron chi connectivity index (χ2n) is 2.25. The predicted molar refractivity (Wildman–Crippen MR) is 40.6 cm³/mol. The van der Waals surface area contributed by atoms with E-state index in [1.807, 2.05) is 18.2 Å². The van der Waals surface area contributed by atoms with Crippen molar-refractivity contribution in [2.75, 3.05) is 0 Å². The Kier molecular flexibility index (Phi) is 1.25. The van der Waals surface area contributed by atoms with Gasteiger partial charge >= 0.3 is 0 Å². The molecule has 2 nitrogen and oxygen atoms in total. The number of rotatable bonds is 0. The van der Waals surface area contributed by atoms with E-state index in [1.165, 1.54) is 0 Å². The van der Waals surface area contributed by atoms with Gasteiger partial charge in [-0.2, -0.15) is 4.73 Å². The maximum absolute atomic E-state index is 11.0. The Morgan fingerprint density at radius 2 is 2.09 bits per heavy atom. The van der Waals surface area contributed by atoms with E-state index in [0.717, 1.165) is 5.39 Å². The molecule has 2 radical (unpaired) electrons. The SMILES string of the molecule is [O-][n+]1[c][c]cc2ccccc21. The minimum absolute atomic E-state index is 0.631. The van der Waals surface area contributed by atoms with Crippen LogP contribution in [0.4, 0.5) is 0 Å². The third-order valence-corrected chi connectivity index (χ3v) is 1.55. The Balaban J connectivity index is 2.91. The summed E-state index contributed by atoms with van der Waals surface area (Å²) in [5.74, 6) is 0. The normalized spacial score (nSPS) is 10.2. The number of fused-ring (bicyclic) bond motifs is 1. The summed E-state index contributed by atoms with van der Waals surface area (Å²) in [6.07, 6.45) is 2.41. The van der Waals surface area contributed by atoms with Gasteiger partial charge in [-0.05, 0) is 12.1 Å². The van der Waals surface area contributed by atoms with Crippen molar-refractivity contribution in [1.29, 1.82) is 0 Å². The molecule has 0 aliphatic carbocycles. The van der Waals surface area contributed by atoms with E-state index in [0.29, 0.717) is 10.2 Å². The summed E-state index contributed by atoms with van der Waals surface area (Å²) >= 11 is 0. The molecule has 1 aromatic heterocycles. The minimum atomic E-state index is 0.631. The van der Waals surface area contributed by atoms with Crippen LogP contribution in [0.5, 0.6) is 0 Å². The molecule has 11 heavy (non-hydrogen) atoms. The molecule has 0 atom stereocenters. The van der Waals surface area contributed by atoms with Crippen LogP contribution in [0.25, 0.3) is 10.9 Å². The summed E-state index contributed by atoms with van der Waals surface area (Å²) in [5.41, 5.74) is 0.631. The van der Waals surface area contributed by atoms with Gasteiger partial charge in [0.05, 0.1) is 6.07 Å². The van der Waals surface area contributed by atoms with E-state index < -0.39 is 0 Å². The first-order valence-corrected chi connectivity index (χ1v) is 3.28. The first-order valence-electron chi connectivity index (χ1n) is 3.28. The maximum Gasteiger partial charge on any atom is 0.299 e. The van der Waals surface area contributed by atoms with Gasteiger partial charge in [0.2, 0.25) is 5.52 Å². The van der Waals surface area contributed by atoms with E-state index in [2.05, 4.69) is 12.3 Å². The first-order chi connectivity index (χ1) is 5.38. The highest BCUT2D eigenvalue weighted by atomic mass is 16.5. The van der Waals surface area contributed by atoms with Crippen molar-refractivity contribution >= 4 is 10.9 Å². The van der Waals surface area contributed by atoms with Gasteiger partial charge in [0.1, 0.15) is 0 Å². The van der Waals surface area contributed by atoms with Crippen LogP contribution in [0.3, 0.4) is 0 Å². The Bertz CT molecular complexity index is 379. The summed E-state index contributed by atoms with van der Waals surface area (Å²) in [4.78, 5) is 0. The molecular weight excluding hydrogens is 138 g/mol. The molecule has 0 aliphatic heterocycles. The largest absolute Gasteiger partial charge is 0.618 e. The molecule has 2 heteroatoms. The Hall–Kier alpha value is -1.57. The molecule has 0 saturated carbocycles. The van der Waals surface area contributed by atoms with Crippen LogP contribution in [-0.2, 0) is 0 Å². The third-order valence-electron chi connectivity index (χ3n) is 1.55. The van der Waals surface area contributed by atoms with Gasteiger partial charge in [-0.1, -0.05) is 12.1 Å². The molecule has 0 bridgehead atoms. The lowest BCUT2D eigenvalue weighted by atomic mass is 10.2. The van der Waals surface area contributed by atoms with E-state index in [-0.39, 0.29) is 0 Å². The van der Waals surface area contributed by atoms with Crippen LogP contribution < -0.4 is 4.73 Å². The fourth-order valence-electron chi connectivity index (χ4n) is 1.02. The molecule has 2 aromatic rings. The van der Waals surface area contributed by atoms with Gasteiger partial charge in [-0.25, -0.2) is 0 Å². The fourth-order valence-corrected chi connectivity index (χ4v) is 1.02. The highest BCUT2D eigenvalue weighted by molar-refractivity contribution is 5.74. The molecule has 0 aliphatic rings. The van der Waals surface area contributed by atoms with Crippen LogP contribution in [0.2, 0.25) is 0 Å². The molecule has 52 valence electrons. The fraction of sp³-hybridized carbons (Fsp3) is 0. The lowest BCUT2D eigenvalue weighted by Crippen LogP contribution is -2.26. The van der Waals surface area contributed by atoms with Crippen LogP contribution in [0, 0.1) is 17.5 Å². The number of nitrogens with zero attached hydrogens (tertiary/aromatic N) is 1. The van der Waals surface area contributed by atoms with Crippen molar-refractivity contribution in [3.63, 3.8) is 0 Å². The van der Waals surface area contributed by atoms with E-state index >= 15 is 0 Å². The molecule has 2 rings (SSSR count). The number of hydrogen-bond acceptors (Lipinski definition) is 1. The number of hydrogen-bond donors (Lipinski definition) is 0. The van der Waals surface area contributed by atoms with Crippen LogP contribution >= 0.6 is 0 Å². The average molecular weight is 143 g/mol. The quantitative estimate of drug-likeness (QED) is 0.400. The highest BCUT2D eigenvalue weighted by Crippen LogP contribution is 2.06. The number of para-hydroxylation sites is 1. The van der Waals surface area contributed by atoms with E-state index in [9.17, 15) is 5.21 Å². The molecule has 1 heterocycles. The molecule has 0 spiro atoms. The summed E-state index contributed by atoms with van der Waals surface area (Å²) in [6.45, 7) is 0. The van der Waals surface area contributed by atoms with Crippen LogP contribution in [0.15, 0.2) is 30.3 Å². The molecule has 0 unspecified atom stereocenters. The third kappa shape index (κ3) is 0.923. The van der Waals surface area contributed by atoms with E-state index in [1.54, 1.807) is 12.1 Å².